The summed E-state index contributed by atoms with van der Waals surface area (Å²) in [5.74, 6) is -2.07. The van der Waals surface area contributed by atoms with Gasteiger partial charge in [-0.2, -0.15) is 13.2 Å². The molecular weight excluding hydrogens is 349 g/mol. The molecule has 118 valence electrons. The van der Waals surface area contributed by atoms with Gasteiger partial charge >= 0.3 is 12.1 Å². The van der Waals surface area contributed by atoms with Crippen molar-refractivity contribution in [3.63, 3.8) is 0 Å². The van der Waals surface area contributed by atoms with Crippen molar-refractivity contribution in [3.05, 3.63) is 47.5 Å². The van der Waals surface area contributed by atoms with Crippen LogP contribution in [-0.2, 0) is 4.79 Å². The van der Waals surface area contributed by atoms with Crippen LogP contribution in [0.3, 0.4) is 0 Å². The highest BCUT2D eigenvalue weighted by Crippen LogP contribution is 2.34. The first-order valence-electron chi connectivity index (χ1n) is 6.38. The van der Waals surface area contributed by atoms with E-state index in [9.17, 15) is 18.0 Å². The minimum atomic E-state index is -4.98. The van der Waals surface area contributed by atoms with Crippen LogP contribution >= 0.6 is 22.9 Å². The fourth-order valence-corrected chi connectivity index (χ4v) is 3.07. The summed E-state index contributed by atoms with van der Waals surface area (Å²) in [7, 11) is 0. The van der Waals surface area contributed by atoms with E-state index in [1.165, 1.54) is 23.5 Å². The second-order valence-electron chi connectivity index (χ2n) is 4.63. The average molecular weight is 357 g/mol. The largest absolute Gasteiger partial charge is 0.471 e. The van der Waals surface area contributed by atoms with Crippen LogP contribution in [0.5, 0.6) is 0 Å². The molecule has 0 aliphatic carbocycles. The van der Waals surface area contributed by atoms with Crippen molar-refractivity contribution in [1.29, 1.82) is 0 Å². The van der Waals surface area contributed by atoms with E-state index < -0.39 is 12.1 Å². The number of nitrogens with one attached hydrogen (secondary N) is 1. The van der Waals surface area contributed by atoms with E-state index in [4.69, 9.17) is 11.6 Å². The van der Waals surface area contributed by atoms with Gasteiger partial charge < -0.3 is 5.32 Å². The number of carbonyl (C=O) groups excluding carboxylic acids is 1. The van der Waals surface area contributed by atoms with E-state index in [1.54, 1.807) is 11.4 Å². The Morgan fingerprint density at radius 3 is 2.61 bits per heavy atom. The Bertz CT molecular complexity index is 859. The van der Waals surface area contributed by atoms with Gasteiger partial charge in [0.1, 0.15) is 5.01 Å². The first-order chi connectivity index (χ1) is 10.8. The van der Waals surface area contributed by atoms with Gasteiger partial charge in [0.25, 0.3) is 0 Å². The first kappa shape index (κ1) is 15.8. The van der Waals surface area contributed by atoms with E-state index in [0.29, 0.717) is 10.6 Å². The summed E-state index contributed by atoms with van der Waals surface area (Å²) in [6.45, 7) is 0. The van der Waals surface area contributed by atoms with E-state index in [0.717, 1.165) is 10.2 Å². The van der Waals surface area contributed by atoms with Crippen molar-refractivity contribution in [2.24, 2.45) is 0 Å². The monoisotopic (exact) mass is 356 g/mol. The first-order valence-corrected chi connectivity index (χ1v) is 7.58. The van der Waals surface area contributed by atoms with Gasteiger partial charge in [-0.25, -0.2) is 4.98 Å². The van der Waals surface area contributed by atoms with Crippen molar-refractivity contribution in [1.82, 2.24) is 4.98 Å². The summed E-state index contributed by atoms with van der Waals surface area (Å²) in [4.78, 5) is 15.5. The van der Waals surface area contributed by atoms with Crippen LogP contribution in [0.15, 0.2) is 42.5 Å². The number of benzene rings is 2. The standard InChI is InChI=1S/C15H8ClF3N2OS/c16-9-6-5-8(7-11(9)21-14(22)15(17,18)19)13-20-10-3-1-2-4-12(10)23-13/h1-7H,(H,21,22). The summed E-state index contributed by atoms with van der Waals surface area (Å²) in [5.41, 5.74) is 1.27. The molecule has 8 heteroatoms. The zero-order valence-corrected chi connectivity index (χ0v) is 12.9. The number of para-hydroxylation sites is 1. The third-order valence-electron chi connectivity index (χ3n) is 3.01. The molecule has 0 radical (unpaired) electrons. The Balaban J connectivity index is 1.98. The van der Waals surface area contributed by atoms with Gasteiger partial charge in [0.15, 0.2) is 0 Å². The lowest BCUT2D eigenvalue weighted by atomic mass is 10.2. The van der Waals surface area contributed by atoms with Gasteiger partial charge in [-0.1, -0.05) is 29.8 Å². The quantitative estimate of drug-likeness (QED) is 0.692. The van der Waals surface area contributed by atoms with Crippen LogP contribution in [0.4, 0.5) is 18.9 Å². The lowest BCUT2D eigenvalue weighted by Crippen LogP contribution is -2.30. The van der Waals surface area contributed by atoms with E-state index in [-0.39, 0.29) is 10.7 Å². The molecule has 1 N–H and O–H groups in total. The Hall–Kier alpha value is -2.12. The van der Waals surface area contributed by atoms with E-state index in [2.05, 4.69) is 4.98 Å². The van der Waals surface area contributed by atoms with Crippen LogP contribution in [0, 0.1) is 0 Å². The number of halogens is 4. The highest BCUT2D eigenvalue weighted by molar-refractivity contribution is 7.21. The molecule has 0 atom stereocenters. The normalized spacial score (nSPS) is 11.7. The number of hydrogen-bond donors (Lipinski definition) is 1. The van der Waals surface area contributed by atoms with Gasteiger partial charge in [0, 0.05) is 5.56 Å². The molecule has 1 aromatic heterocycles. The molecule has 0 unspecified atom stereocenters. The molecule has 3 aromatic rings. The van der Waals surface area contributed by atoms with Crippen molar-refractivity contribution in [2.45, 2.75) is 6.18 Å². The van der Waals surface area contributed by atoms with Gasteiger partial charge in [-0.15, -0.1) is 11.3 Å². The van der Waals surface area contributed by atoms with Crippen molar-refractivity contribution < 1.29 is 18.0 Å². The number of anilines is 1. The second-order valence-corrected chi connectivity index (χ2v) is 6.07. The average Bonchev–Trinajstić information content (AvgIpc) is 2.92. The zero-order valence-electron chi connectivity index (χ0n) is 11.3. The number of amides is 1. The smallest absolute Gasteiger partial charge is 0.317 e. The number of rotatable bonds is 2. The van der Waals surface area contributed by atoms with Gasteiger partial charge in [0.05, 0.1) is 20.9 Å². The molecule has 0 fully saturated rings. The van der Waals surface area contributed by atoms with Gasteiger partial charge in [-0.3, -0.25) is 4.79 Å². The summed E-state index contributed by atoms with van der Waals surface area (Å²) in [5, 5.41) is 2.43. The molecule has 0 aliphatic heterocycles. The number of carbonyl (C=O) groups is 1. The topological polar surface area (TPSA) is 42.0 Å². The van der Waals surface area contributed by atoms with Gasteiger partial charge in [0.2, 0.25) is 0 Å². The third kappa shape index (κ3) is 3.30. The number of thiazole rings is 1. The van der Waals surface area contributed by atoms with Crippen molar-refractivity contribution in [2.75, 3.05) is 5.32 Å². The van der Waals surface area contributed by atoms with Crippen molar-refractivity contribution in [3.8, 4) is 10.6 Å². The SMILES string of the molecule is O=C(Nc1cc(-c2nc3ccccc3s2)ccc1Cl)C(F)(F)F. The van der Waals surface area contributed by atoms with Crippen LogP contribution in [0.2, 0.25) is 5.02 Å². The maximum atomic E-state index is 12.4. The molecule has 0 bridgehead atoms. The molecule has 0 spiro atoms. The second kappa shape index (κ2) is 5.82. The summed E-state index contributed by atoms with van der Waals surface area (Å²) in [6, 6.07) is 11.9. The Kier molecular flexibility index (Phi) is 3.99. The predicted octanol–water partition coefficient (Wildman–Crippen LogP) is 5.12. The molecule has 23 heavy (non-hydrogen) atoms. The highest BCUT2D eigenvalue weighted by Gasteiger charge is 2.39. The minimum absolute atomic E-state index is 0.0208. The number of alkyl halides is 3. The molecule has 2 aromatic carbocycles. The van der Waals surface area contributed by atoms with E-state index >= 15 is 0 Å². The lowest BCUT2D eigenvalue weighted by Gasteiger charge is -2.10. The fraction of sp³-hybridized carbons (Fsp3) is 0.0667. The summed E-state index contributed by atoms with van der Waals surface area (Å²) < 4.78 is 38.0. The van der Waals surface area contributed by atoms with Gasteiger partial charge in [-0.05, 0) is 24.3 Å². The Labute approximate surface area is 137 Å². The maximum absolute atomic E-state index is 12.4. The van der Waals surface area contributed by atoms with Crippen molar-refractivity contribution >= 4 is 44.7 Å². The van der Waals surface area contributed by atoms with E-state index in [1.807, 2.05) is 24.3 Å². The highest BCUT2D eigenvalue weighted by atomic mass is 35.5. The predicted molar refractivity (Wildman–Crippen MR) is 84.8 cm³/mol. The third-order valence-corrected chi connectivity index (χ3v) is 4.43. The lowest BCUT2D eigenvalue weighted by molar-refractivity contribution is -0.167. The van der Waals surface area contributed by atoms with Crippen LogP contribution in [-0.4, -0.2) is 17.1 Å². The molecule has 0 aliphatic rings. The molecule has 3 rings (SSSR count). The molecule has 0 saturated carbocycles. The number of hydrogen-bond acceptors (Lipinski definition) is 3. The Morgan fingerprint density at radius 1 is 1.17 bits per heavy atom. The minimum Gasteiger partial charge on any atom is -0.317 e. The molecule has 1 amide bonds. The number of aromatic nitrogens is 1. The molecular formula is C15H8ClF3N2OS. The molecule has 0 saturated heterocycles. The van der Waals surface area contributed by atoms with Crippen LogP contribution in [0.1, 0.15) is 0 Å². The number of fused-ring (bicyclic) bond motifs is 1. The Morgan fingerprint density at radius 2 is 1.91 bits per heavy atom. The summed E-state index contributed by atoms with van der Waals surface area (Å²) in [6.07, 6.45) is -4.98. The zero-order chi connectivity index (χ0) is 16.6. The van der Waals surface area contributed by atoms with Crippen LogP contribution < -0.4 is 5.32 Å². The number of nitrogens with zero attached hydrogens (tertiary/aromatic N) is 1. The fourth-order valence-electron chi connectivity index (χ4n) is 1.94. The molecule has 1 heterocycles. The maximum Gasteiger partial charge on any atom is 0.471 e. The van der Waals surface area contributed by atoms with Crippen LogP contribution in [0.25, 0.3) is 20.8 Å². The summed E-state index contributed by atoms with van der Waals surface area (Å²) >= 11 is 7.26. The molecule has 3 nitrogen and oxygen atoms in total.